The highest BCUT2D eigenvalue weighted by atomic mass is 16.4. The van der Waals surface area contributed by atoms with Crippen LogP contribution in [0.15, 0.2) is 48.5 Å². The molecule has 0 aliphatic rings. The van der Waals surface area contributed by atoms with Gasteiger partial charge in [0.25, 0.3) is 0 Å². The van der Waals surface area contributed by atoms with Gasteiger partial charge in [-0.15, -0.1) is 0 Å². The van der Waals surface area contributed by atoms with Crippen LogP contribution in [0.5, 0.6) is 0 Å². The minimum absolute atomic E-state index is 0.0898. The van der Waals surface area contributed by atoms with E-state index in [2.05, 4.69) is 6.07 Å². The van der Waals surface area contributed by atoms with Gasteiger partial charge in [0, 0.05) is 18.3 Å². The molecule has 0 spiro atoms. The van der Waals surface area contributed by atoms with E-state index >= 15 is 0 Å². The van der Waals surface area contributed by atoms with Gasteiger partial charge in [0.05, 0.1) is 11.1 Å². The van der Waals surface area contributed by atoms with Gasteiger partial charge in [-0.2, -0.15) is 5.26 Å². The summed E-state index contributed by atoms with van der Waals surface area (Å²) in [5.74, 6) is -2.06. The molecule has 0 saturated heterocycles. The third-order valence-electron chi connectivity index (χ3n) is 4.80. The highest BCUT2D eigenvalue weighted by Crippen LogP contribution is 2.34. The van der Waals surface area contributed by atoms with Crippen molar-refractivity contribution < 1.29 is 19.8 Å². The van der Waals surface area contributed by atoms with Crippen LogP contribution in [0.3, 0.4) is 0 Å². The Morgan fingerprint density at radius 1 is 0.929 bits per heavy atom. The summed E-state index contributed by atoms with van der Waals surface area (Å²) in [5, 5.41) is 28.3. The molecule has 6 nitrogen and oxygen atoms in total. The van der Waals surface area contributed by atoms with Crippen molar-refractivity contribution in [1.29, 1.82) is 5.26 Å². The van der Waals surface area contributed by atoms with E-state index in [1.54, 1.807) is 35.9 Å². The van der Waals surface area contributed by atoms with Gasteiger partial charge in [-0.25, -0.2) is 9.59 Å². The van der Waals surface area contributed by atoms with E-state index in [1.807, 2.05) is 19.1 Å². The summed E-state index contributed by atoms with van der Waals surface area (Å²) >= 11 is 0. The molecule has 0 radical (unpaired) electrons. The van der Waals surface area contributed by atoms with E-state index in [0.717, 1.165) is 11.1 Å². The summed E-state index contributed by atoms with van der Waals surface area (Å²) in [4.78, 5) is 22.8. The molecule has 3 rings (SSSR count). The largest absolute Gasteiger partial charge is 0.478 e. The normalized spacial score (nSPS) is 10.5. The molecule has 2 aromatic carbocycles. The lowest BCUT2D eigenvalue weighted by Gasteiger charge is -2.07. The maximum absolute atomic E-state index is 11.8. The van der Waals surface area contributed by atoms with Crippen LogP contribution in [0, 0.1) is 11.3 Å². The predicted molar refractivity (Wildman–Crippen MR) is 104 cm³/mol. The SMILES string of the molecule is CCc1c(C#N)c(-c2ccc(-c3ccc(C(=O)O)cc3)cc2)c(C(=O)O)n1C. The lowest BCUT2D eigenvalue weighted by molar-refractivity contribution is 0.0680. The number of rotatable bonds is 5. The Hall–Kier alpha value is -3.85. The smallest absolute Gasteiger partial charge is 0.353 e. The number of aromatic carboxylic acids is 2. The van der Waals surface area contributed by atoms with Crippen LogP contribution in [-0.4, -0.2) is 26.7 Å². The van der Waals surface area contributed by atoms with E-state index in [9.17, 15) is 20.0 Å². The zero-order chi connectivity index (χ0) is 20.4. The Balaban J connectivity index is 2.08. The van der Waals surface area contributed by atoms with Gasteiger partial charge in [-0.3, -0.25) is 0 Å². The molecule has 0 fully saturated rings. The van der Waals surface area contributed by atoms with Crippen molar-refractivity contribution in [1.82, 2.24) is 4.57 Å². The van der Waals surface area contributed by atoms with Crippen LogP contribution in [0.25, 0.3) is 22.3 Å². The highest BCUT2D eigenvalue weighted by Gasteiger charge is 2.25. The number of hydrogen-bond donors (Lipinski definition) is 2. The molecular weight excluding hydrogens is 356 g/mol. The second kappa shape index (κ2) is 7.41. The molecule has 140 valence electrons. The van der Waals surface area contributed by atoms with Crippen LogP contribution in [0.1, 0.15) is 39.0 Å². The van der Waals surface area contributed by atoms with Crippen LogP contribution in [0.2, 0.25) is 0 Å². The second-order valence-corrected chi connectivity index (χ2v) is 6.33. The molecule has 1 heterocycles. The van der Waals surface area contributed by atoms with Crippen molar-refractivity contribution in [2.45, 2.75) is 13.3 Å². The van der Waals surface area contributed by atoms with Gasteiger partial charge >= 0.3 is 11.9 Å². The Kier molecular flexibility index (Phi) is 5.01. The number of carbonyl (C=O) groups is 2. The highest BCUT2D eigenvalue weighted by molar-refractivity contribution is 5.97. The van der Waals surface area contributed by atoms with E-state index < -0.39 is 11.9 Å². The third kappa shape index (κ3) is 3.14. The minimum Gasteiger partial charge on any atom is -0.478 e. The van der Waals surface area contributed by atoms with Crippen molar-refractivity contribution in [3.05, 3.63) is 71.0 Å². The molecule has 2 N–H and O–H groups in total. The summed E-state index contributed by atoms with van der Waals surface area (Å²) in [7, 11) is 1.66. The molecule has 0 aliphatic heterocycles. The molecule has 0 amide bonds. The first kappa shape index (κ1) is 18.9. The predicted octanol–water partition coefficient (Wildman–Crippen LogP) is 4.19. The van der Waals surface area contributed by atoms with Crippen molar-refractivity contribution in [3.8, 4) is 28.3 Å². The van der Waals surface area contributed by atoms with Crippen LogP contribution < -0.4 is 0 Å². The molecule has 0 saturated carbocycles. The number of carboxylic acids is 2. The average molecular weight is 374 g/mol. The van der Waals surface area contributed by atoms with E-state index in [-0.39, 0.29) is 11.3 Å². The number of carboxylic acid groups (broad SMARTS) is 2. The fourth-order valence-electron chi connectivity index (χ4n) is 3.43. The van der Waals surface area contributed by atoms with Gasteiger partial charge in [-0.05, 0) is 35.2 Å². The number of aromatic nitrogens is 1. The molecule has 0 bridgehead atoms. The van der Waals surface area contributed by atoms with Crippen LogP contribution in [0.4, 0.5) is 0 Å². The van der Waals surface area contributed by atoms with E-state index in [4.69, 9.17) is 5.11 Å². The molecule has 28 heavy (non-hydrogen) atoms. The Morgan fingerprint density at radius 2 is 1.43 bits per heavy atom. The summed E-state index contributed by atoms with van der Waals surface area (Å²) in [6.45, 7) is 1.88. The Bertz CT molecular complexity index is 1100. The standard InChI is InChI=1S/C22H18N2O4/c1-3-18-17(12-23)19(20(22(27)28)24(18)2)15-8-4-13(5-9-15)14-6-10-16(11-7-14)21(25)26/h4-11H,3H2,1-2H3,(H,25,26)(H,27,28). The van der Waals surface area contributed by atoms with Crippen molar-refractivity contribution in [2.24, 2.45) is 7.05 Å². The molecular formula is C22H18N2O4. The molecule has 6 heteroatoms. The van der Waals surface area contributed by atoms with Gasteiger partial charge < -0.3 is 14.8 Å². The summed E-state index contributed by atoms with van der Waals surface area (Å²) in [6, 6.07) is 15.9. The Labute approximate surface area is 161 Å². The maximum Gasteiger partial charge on any atom is 0.353 e. The first-order valence-electron chi connectivity index (χ1n) is 8.68. The topological polar surface area (TPSA) is 103 Å². The molecule has 0 atom stereocenters. The van der Waals surface area contributed by atoms with Crippen molar-refractivity contribution >= 4 is 11.9 Å². The second-order valence-electron chi connectivity index (χ2n) is 6.33. The van der Waals surface area contributed by atoms with Gasteiger partial charge in [0.15, 0.2) is 0 Å². The average Bonchev–Trinajstić information content (AvgIpc) is 2.99. The van der Waals surface area contributed by atoms with Crippen LogP contribution in [-0.2, 0) is 13.5 Å². The number of nitrogens with zero attached hydrogens (tertiary/aromatic N) is 2. The quantitative estimate of drug-likeness (QED) is 0.697. The van der Waals surface area contributed by atoms with Gasteiger partial charge in [-0.1, -0.05) is 43.3 Å². The fourth-order valence-corrected chi connectivity index (χ4v) is 3.43. The lowest BCUT2D eigenvalue weighted by Crippen LogP contribution is -2.07. The van der Waals surface area contributed by atoms with Crippen molar-refractivity contribution in [3.63, 3.8) is 0 Å². The van der Waals surface area contributed by atoms with E-state index in [1.165, 1.54) is 12.1 Å². The molecule has 3 aromatic rings. The molecule has 1 aromatic heterocycles. The summed E-state index contributed by atoms with van der Waals surface area (Å²) < 4.78 is 1.56. The zero-order valence-corrected chi connectivity index (χ0v) is 15.4. The van der Waals surface area contributed by atoms with E-state index in [0.29, 0.717) is 28.8 Å². The van der Waals surface area contributed by atoms with Gasteiger partial charge in [0.2, 0.25) is 0 Å². The minimum atomic E-state index is -1.08. The number of benzene rings is 2. The Morgan fingerprint density at radius 3 is 1.86 bits per heavy atom. The third-order valence-corrected chi connectivity index (χ3v) is 4.80. The number of nitriles is 1. The maximum atomic E-state index is 11.8. The zero-order valence-electron chi connectivity index (χ0n) is 15.4. The molecule has 0 aliphatic carbocycles. The first-order valence-corrected chi connectivity index (χ1v) is 8.68. The summed E-state index contributed by atoms with van der Waals surface area (Å²) in [6.07, 6.45) is 0.549. The van der Waals surface area contributed by atoms with Gasteiger partial charge in [0.1, 0.15) is 11.8 Å². The first-order chi connectivity index (χ1) is 13.4. The number of hydrogen-bond acceptors (Lipinski definition) is 3. The summed E-state index contributed by atoms with van der Waals surface area (Å²) in [5.41, 5.74) is 4.13. The molecule has 0 unspecified atom stereocenters. The lowest BCUT2D eigenvalue weighted by atomic mass is 9.97. The monoisotopic (exact) mass is 374 g/mol. The fraction of sp³-hybridized carbons (Fsp3) is 0.136. The van der Waals surface area contributed by atoms with Crippen molar-refractivity contribution in [2.75, 3.05) is 0 Å². The van der Waals surface area contributed by atoms with Crippen LogP contribution >= 0.6 is 0 Å².